The van der Waals surface area contributed by atoms with E-state index < -0.39 is 0 Å². The number of rotatable bonds is 8. The van der Waals surface area contributed by atoms with E-state index in [2.05, 4.69) is 33.0 Å². The average molecular weight is 216 g/mol. The fourth-order valence-electron chi connectivity index (χ4n) is 1.70. The molecule has 0 rings (SSSR count). The van der Waals surface area contributed by atoms with Crippen LogP contribution >= 0.6 is 0 Å². The van der Waals surface area contributed by atoms with Crippen LogP contribution in [0.4, 0.5) is 0 Å². The molecule has 0 amide bonds. The highest BCUT2D eigenvalue weighted by atomic mass is 16.3. The highest BCUT2D eigenvalue weighted by Gasteiger charge is 2.16. The summed E-state index contributed by atoms with van der Waals surface area (Å²) in [6.45, 7) is 10.7. The molecule has 2 atom stereocenters. The number of nitrogens with two attached hydrogens (primary N) is 1. The molecule has 4 N–H and O–H groups in total. The summed E-state index contributed by atoms with van der Waals surface area (Å²) in [6.07, 6.45) is 0.826. The van der Waals surface area contributed by atoms with Gasteiger partial charge in [-0.25, -0.2) is 0 Å². The number of nitrogens with one attached hydrogen (secondary N) is 1. The Balaban J connectivity index is 3.96. The lowest BCUT2D eigenvalue weighted by Gasteiger charge is -2.26. The van der Waals surface area contributed by atoms with Gasteiger partial charge in [0, 0.05) is 12.6 Å². The lowest BCUT2D eigenvalue weighted by Crippen LogP contribution is -2.40. The monoisotopic (exact) mass is 216 g/mol. The molecule has 0 saturated carbocycles. The maximum Gasteiger partial charge on any atom is 0.0445 e. The largest absolute Gasteiger partial charge is 0.396 e. The van der Waals surface area contributed by atoms with Crippen molar-refractivity contribution in [2.24, 2.45) is 23.5 Å². The second-order valence-electron chi connectivity index (χ2n) is 5.01. The lowest BCUT2D eigenvalue weighted by molar-refractivity contribution is 0.234. The van der Waals surface area contributed by atoms with E-state index in [1.54, 1.807) is 0 Å². The minimum Gasteiger partial charge on any atom is -0.396 e. The van der Waals surface area contributed by atoms with E-state index in [0.29, 0.717) is 23.8 Å². The third kappa shape index (κ3) is 6.13. The molecule has 0 radical (unpaired) electrons. The summed E-state index contributed by atoms with van der Waals surface area (Å²) in [7, 11) is 0. The van der Waals surface area contributed by atoms with Crippen LogP contribution in [0, 0.1) is 17.8 Å². The Hall–Kier alpha value is -0.120. The van der Waals surface area contributed by atoms with E-state index in [4.69, 9.17) is 10.8 Å². The number of aliphatic hydroxyl groups excluding tert-OH is 1. The lowest BCUT2D eigenvalue weighted by atomic mass is 9.94. The van der Waals surface area contributed by atoms with Crippen molar-refractivity contribution in [2.75, 3.05) is 19.7 Å². The maximum atomic E-state index is 8.95. The third-order valence-electron chi connectivity index (χ3n) is 3.13. The molecule has 0 aliphatic carbocycles. The van der Waals surface area contributed by atoms with E-state index in [9.17, 15) is 0 Å². The van der Waals surface area contributed by atoms with Crippen LogP contribution in [0.25, 0.3) is 0 Å². The Kier molecular flexibility index (Phi) is 8.02. The number of aliphatic hydroxyl groups is 1. The van der Waals surface area contributed by atoms with Gasteiger partial charge in [-0.3, -0.25) is 0 Å². The van der Waals surface area contributed by atoms with Crippen LogP contribution in [-0.2, 0) is 0 Å². The van der Waals surface area contributed by atoms with Gasteiger partial charge < -0.3 is 16.2 Å². The quantitative estimate of drug-likeness (QED) is 0.572. The van der Waals surface area contributed by atoms with Gasteiger partial charge in [-0.05, 0) is 37.3 Å². The average Bonchev–Trinajstić information content (AvgIpc) is 2.16. The molecule has 92 valence electrons. The molecule has 0 aromatic heterocycles. The fraction of sp³-hybridized carbons (Fsp3) is 1.00. The molecule has 0 spiro atoms. The molecule has 0 aromatic rings. The molecule has 0 saturated heterocycles. The van der Waals surface area contributed by atoms with Crippen LogP contribution in [0.3, 0.4) is 0 Å². The molecule has 0 heterocycles. The van der Waals surface area contributed by atoms with Crippen LogP contribution in [0.15, 0.2) is 0 Å². The highest BCUT2D eigenvalue weighted by molar-refractivity contribution is 4.74. The molecule has 15 heavy (non-hydrogen) atoms. The summed E-state index contributed by atoms with van der Waals surface area (Å²) in [5, 5.41) is 12.5. The zero-order valence-electron chi connectivity index (χ0n) is 10.7. The predicted molar refractivity (Wildman–Crippen MR) is 65.7 cm³/mol. The highest BCUT2D eigenvalue weighted by Crippen LogP contribution is 2.10. The van der Waals surface area contributed by atoms with Gasteiger partial charge in [-0.15, -0.1) is 0 Å². The first-order valence-corrected chi connectivity index (χ1v) is 6.07. The van der Waals surface area contributed by atoms with Crippen molar-refractivity contribution in [1.82, 2.24) is 5.32 Å². The van der Waals surface area contributed by atoms with Crippen LogP contribution in [0.5, 0.6) is 0 Å². The second-order valence-corrected chi connectivity index (χ2v) is 5.01. The molecule has 0 aliphatic rings. The Morgan fingerprint density at radius 2 is 1.73 bits per heavy atom. The van der Waals surface area contributed by atoms with E-state index in [1.165, 1.54) is 0 Å². The molecule has 0 bridgehead atoms. The molecule has 0 fully saturated rings. The molecule has 3 nitrogen and oxygen atoms in total. The summed E-state index contributed by atoms with van der Waals surface area (Å²) in [5.41, 5.74) is 5.72. The zero-order chi connectivity index (χ0) is 11.8. The number of hydrogen-bond acceptors (Lipinski definition) is 3. The zero-order valence-corrected chi connectivity index (χ0v) is 10.7. The van der Waals surface area contributed by atoms with Gasteiger partial charge in [0.15, 0.2) is 0 Å². The molecule has 3 heteroatoms. The fourth-order valence-corrected chi connectivity index (χ4v) is 1.70. The first kappa shape index (κ1) is 14.9. The summed E-state index contributed by atoms with van der Waals surface area (Å²) < 4.78 is 0. The van der Waals surface area contributed by atoms with E-state index in [0.717, 1.165) is 19.5 Å². The molecule has 0 aromatic carbocycles. The van der Waals surface area contributed by atoms with Crippen molar-refractivity contribution in [1.29, 1.82) is 0 Å². The van der Waals surface area contributed by atoms with Gasteiger partial charge in [-0.1, -0.05) is 27.7 Å². The second kappa shape index (κ2) is 8.08. The summed E-state index contributed by atoms with van der Waals surface area (Å²) in [4.78, 5) is 0. The van der Waals surface area contributed by atoms with E-state index >= 15 is 0 Å². The standard InChI is InChI=1S/C12H28N2O/c1-9(2)11(7-13)8-14-12(5-6-15)10(3)4/h9-12,14-15H,5-8,13H2,1-4H3. The predicted octanol–water partition coefficient (Wildman–Crippen LogP) is 1.21. The number of hydrogen-bond donors (Lipinski definition) is 3. The van der Waals surface area contributed by atoms with Gasteiger partial charge in [0.05, 0.1) is 0 Å². The Bertz CT molecular complexity index is 149. The smallest absolute Gasteiger partial charge is 0.0445 e. The van der Waals surface area contributed by atoms with Gasteiger partial charge in [0.1, 0.15) is 0 Å². The first-order valence-electron chi connectivity index (χ1n) is 6.07. The Morgan fingerprint density at radius 1 is 1.13 bits per heavy atom. The maximum absolute atomic E-state index is 8.95. The van der Waals surface area contributed by atoms with Crippen molar-refractivity contribution in [3.05, 3.63) is 0 Å². The third-order valence-corrected chi connectivity index (χ3v) is 3.13. The van der Waals surface area contributed by atoms with Crippen LogP contribution < -0.4 is 11.1 Å². The van der Waals surface area contributed by atoms with Crippen molar-refractivity contribution >= 4 is 0 Å². The van der Waals surface area contributed by atoms with Gasteiger partial charge in [-0.2, -0.15) is 0 Å². The summed E-state index contributed by atoms with van der Waals surface area (Å²) in [5.74, 6) is 1.71. The Morgan fingerprint density at radius 3 is 2.07 bits per heavy atom. The van der Waals surface area contributed by atoms with Gasteiger partial charge in [0.2, 0.25) is 0 Å². The van der Waals surface area contributed by atoms with Gasteiger partial charge in [0.25, 0.3) is 0 Å². The van der Waals surface area contributed by atoms with Crippen molar-refractivity contribution in [3.63, 3.8) is 0 Å². The van der Waals surface area contributed by atoms with Crippen molar-refractivity contribution in [3.8, 4) is 0 Å². The van der Waals surface area contributed by atoms with Gasteiger partial charge >= 0.3 is 0 Å². The summed E-state index contributed by atoms with van der Waals surface area (Å²) >= 11 is 0. The molecule has 0 aliphatic heterocycles. The minimum absolute atomic E-state index is 0.255. The van der Waals surface area contributed by atoms with Crippen LogP contribution in [0.2, 0.25) is 0 Å². The van der Waals surface area contributed by atoms with Crippen molar-refractivity contribution in [2.45, 2.75) is 40.2 Å². The van der Waals surface area contributed by atoms with Crippen LogP contribution in [-0.4, -0.2) is 30.8 Å². The topological polar surface area (TPSA) is 58.3 Å². The van der Waals surface area contributed by atoms with E-state index in [-0.39, 0.29) is 6.61 Å². The normalized spacial score (nSPS) is 16.0. The molecular formula is C12H28N2O. The summed E-state index contributed by atoms with van der Waals surface area (Å²) in [6, 6.07) is 0.405. The first-order chi connectivity index (χ1) is 7.02. The van der Waals surface area contributed by atoms with Crippen molar-refractivity contribution < 1.29 is 5.11 Å². The molecular weight excluding hydrogens is 188 g/mol. The molecule has 2 unspecified atom stereocenters. The van der Waals surface area contributed by atoms with E-state index in [1.807, 2.05) is 0 Å². The Labute approximate surface area is 94.4 Å². The minimum atomic E-state index is 0.255. The SMILES string of the molecule is CC(C)C(CN)CNC(CCO)C(C)C. The van der Waals surface area contributed by atoms with Crippen LogP contribution in [0.1, 0.15) is 34.1 Å².